The number of carbonyl (C=O) groups is 1. The predicted octanol–water partition coefficient (Wildman–Crippen LogP) is 1.92. The molecule has 1 aliphatic heterocycles. The molecule has 0 aliphatic carbocycles. The quantitative estimate of drug-likeness (QED) is 0.656. The Labute approximate surface area is 175 Å². The van der Waals surface area contributed by atoms with Crippen LogP contribution >= 0.6 is 0 Å². The third-order valence-electron chi connectivity index (χ3n) is 5.21. The third kappa shape index (κ3) is 5.18. The first-order chi connectivity index (χ1) is 14.1. The van der Waals surface area contributed by atoms with Crippen molar-refractivity contribution < 1.29 is 31.5 Å². The van der Waals surface area contributed by atoms with Crippen LogP contribution in [-0.2, 0) is 24.7 Å². The largest absolute Gasteiger partial charge is 0.497 e. The highest BCUT2D eigenvalue weighted by Crippen LogP contribution is 2.26. The van der Waals surface area contributed by atoms with E-state index < -0.39 is 37.8 Å². The Hall–Kier alpha value is -2.43. The summed E-state index contributed by atoms with van der Waals surface area (Å²) in [4.78, 5) is 11.6. The lowest BCUT2D eigenvalue weighted by Crippen LogP contribution is -2.48. The number of carboxylic acids is 1. The minimum Gasteiger partial charge on any atom is -0.497 e. The number of methoxy groups -OCH3 is 1. The molecule has 1 atom stereocenters. The van der Waals surface area contributed by atoms with Crippen molar-refractivity contribution in [2.24, 2.45) is 5.92 Å². The van der Waals surface area contributed by atoms with Crippen LogP contribution in [0.1, 0.15) is 12.8 Å². The summed E-state index contributed by atoms with van der Waals surface area (Å²) in [5, 5.41) is 9.51. The summed E-state index contributed by atoms with van der Waals surface area (Å²) in [6.45, 7) is 0. The van der Waals surface area contributed by atoms with Crippen LogP contribution in [0.5, 0.6) is 5.75 Å². The Bertz CT molecular complexity index is 1090. The Kier molecular flexibility index (Phi) is 6.49. The predicted molar refractivity (Wildman–Crippen MR) is 112 cm³/mol. The first-order valence-corrected chi connectivity index (χ1v) is 12.6. The number of benzene rings is 2. The number of sulfone groups is 1. The highest BCUT2D eigenvalue weighted by molar-refractivity contribution is 7.91. The van der Waals surface area contributed by atoms with Gasteiger partial charge in [0.05, 0.1) is 23.5 Å². The summed E-state index contributed by atoms with van der Waals surface area (Å²) in [6.07, 6.45) is 0.219. The number of carboxylic acid groups (broad SMARTS) is 1. The highest BCUT2D eigenvalue weighted by atomic mass is 32.2. The van der Waals surface area contributed by atoms with Crippen LogP contribution in [0, 0.1) is 5.92 Å². The van der Waals surface area contributed by atoms with E-state index in [-0.39, 0.29) is 29.2 Å². The molecule has 0 aromatic heterocycles. The van der Waals surface area contributed by atoms with Gasteiger partial charge in [-0.2, -0.15) is 4.72 Å². The van der Waals surface area contributed by atoms with Crippen LogP contribution in [0.3, 0.4) is 0 Å². The normalized spacial score (nSPS) is 17.9. The number of hydrogen-bond donors (Lipinski definition) is 2. The van der Waals surface area contributed by atoms with Crippen molar-refractivity contribution in [3.8, 4) is 16.9 Å². The van der Waals surface area contributed by atoms with Gasteiger partial charge in [0.2, 0.25) is 10.0 Å². The maximum atomic E-state index is 12.7. The van der Waals surface area contributed by atoms with Crippen molar-refractivity contribution in [3.63, 3.8) is 0 Å². The van der Waals surface area contributed by atoms with Crippen LogP contribution < -0.4 is 9.46 Å². The number of nitrogens with one attached hydrogen (secondary N) is 1. The fourth-order valence-electron chi connectivity index (χ4n) is 3.44. The molecule has 8 nitrogen and oxygen atoms in total. The second-order valence-corrected chi connectivity index (χ2v) is 11.2. The fraction of sp³-hybridized carbons (Fsp3) is 0.350. The van der Waals surface area contributed by atoms with Crippen molar-refractivity contribution in [2.45, 2.75) is 23.8 Å². The van der Waals surface area contributed by atoms with E-state index in [1.165, 1.54) is 12.1 Å². The zero-order valence-electron chi connectivity index (χ0n) is 16.3. The summed E-state index contributed by atoms with van der Waals surface area (Å²) in [7, 11) is -5.71. The van der Waals surface area contributed by atoms with Gasteiger partial charge in [0.15, 0.2) is 0 Å². The monoisotopic (exact) mass is 453 g/mol. The van der Waals surface area contributed by atoms with Crippen molar-refractivity contribution in [2.75, 3.05) is 18.6 Å². The molecule has 1 fully saturated rings. The zero-order valence-corrected chi connectivity index (χ0v) is 17.9. The van der Waals surface area contributed by atoms with Crippen molar-refractivity contribution in [1.29, 1.82) is 0 Å². The van der Waals surface area contributed by atoms with Crippen LogP contribution in [0.25, 0.3) is 11.1 Å². The number of aliphatic carboxylic acids is 1. The fourth-order valence-corrected chi connectivity index (χ4v) is 6.22. The lowest BCUT2D eigenvalue weighted by atomic mass is 9.94. The van der Waals surface area contributed by atoms with E-state index >= 15 is 0 Å². The van der Waals surface area contributed by atoms with Crippen LogP contribution in [0.4, 0.5) is 0 Å². The van der Waals surface area contributed by atoms with Gasteiger partial charge in [0, 0.05) is 0 Å². The molecule has 1 unspecified atom stereocenters. The molecule has 0 saturated carbocycles. The van der Waals surface area contributed by atoms with Gasteiger partial charge in [-0.25, -0.2) is 16.8 Å². The molecule has 1 saturated heterocycles. The van der Waals surface area contributed by atoms with Crippen LogP contribution in [0.15, 0.2) is 53.4 Å². The summed E-state index contributed by atoms with van der Waals surface area (Å²) < 4.78 is 56.0. The Morgan fingerprint density at radius 3 is 2.00 bits per heavy atom. The molecule has 0 bridgehead atoms. The Morgan fingerprint density at radius 1 is 1.03 bits per heavy atom. The molecule has 162 valence electrons. The standard InChI is InChI=1S/C20H23NO7S2/c1-28-17-6-2-14(3-7-17)15-4-8-18(9-5-15)30(26,27)21-19(20(22)23)16-10-12-29(24,25)13-11-16/h2-9,16,19,21H,10-13H2,1H3,(H,22,23). The van der Waals surface area contributed by atoms with E-state index in [0.717, 1.165) is 11.1 Å². The topological polar surface area (TPSA) is 127 Å². The van der Waals surface area contributed by atoms with E-state index in [9.17, 15) is 26.7 Å². The lowest BCUT2D eigenvalue weighted by molar-refractivity contribution is -0.140. The molecule has 0 spiro atoms. The van der Waals surface area contributed by atoms with Gasteiger partial charge in [0.25, 0.3) is 0 Å². The van der Waals surface area contributed by atoms with E-state index in [2.05, 4.69) is 4.72 Å². The second kappa shape index (κ2) is 8.75. The van der Waals surface area contributed by atoms with Crippen LogP contribution in [-0.4, -0.2) is 52.6 Å². The van der Waals surface area contributed by atoms with Gasteiger partial charge in [-0.1, -0.05) is 24.3 Å². The summed E-state index contributed by atoms with van der Waals surface area (Å²) in [6, 6.07) is 12.0. The first-order valence-electron chi connectivity index (χ1n) is 9.31. The number of hydrogen-bond acceptors (Lipinski definition) is 6. The molecule has 3 rings (SSSR count). The average molecular weight is 454 g/mol. The summed E-state index contributed by atoms with van der Waals surface area (Å²) in [5.74, 6) is -1.48. The minimum absolute atomic E-state index is 0.0607. The van der Waals surface area contributed by atoms with Gasteiger partial charge < -0.3 is 9.84 Å². The van der Waals surface area contributed by atoms with E-state index in [4.69, 9.17) is 4.74 Å². The lowest BCUT2D eigenvalue weighted by Gasteiger charge is -2.27. The molecule has 2 aromatic rings. The third-order valence-corrected chi connectivity index (χ3v) is 8.38. The maximum Gasteiger partial charge on any atom is 0.322 e. The van der Waals surface area contributed by atoms with E-state index in [1.807, 2.05) is 12.1 Å². The molecule has 10 heteroatoms. The van der Waals surface area contributed by atoms with Gasteiger partial charge in [-0.15, -0.1) is 0 Å². The Morgan fingerprint density at radius 2 is 1.53 bits per heavy atom. The van der Waals surface area contributed by atoms with Crippen molar-refractivity contribution in [3.05, 3.63) is 48.5 Å². The smallest absolute Gasteiger partial charge is 0.322 e. The number of ether oxygens (including phenoxy) is 1. The molecule has 2 aromatic carbocycles. The molecule has 2 N–H and O–H groups in total. The summed E-state index contributed by atoms with van der Waals surface area (Å²) in [5.41, 5.74) is 1.67. The molecular weight excluding hydrogens is 430 g/mol. The summed E-state index contributed by atoms with van der Waals surface area (Å²) >= 11 is 0. The number of rotatable bonds is 7. The van der Waals surface area contributed by atoms with Gasteiger partial charge >= 0.3 is 5.97 Å². The van der Waals surface area contributed by atoms with E-state index in [1.54, 1.807) is 31.4 Å². The average Bonchev–Trinajstić information content (AvgIpc) is 2.72. The van der Waals surface area contributed by atoms with Crippen LogP contribution in [0.2, 0.25) is 0 Å². The molecule has 1 heterocycles. The minimum atomic E-state index is -4.09. The van der Waals surface area contributed by atoms with Crippen molar-refractivity contribution >= 4 is 25.8 Å². The Balaban J connectivity index is 1.77. The second-order valence-electron chi connectivity index (χ2n) is 7.18. The molecular formula is C20H23NO7S2. The zero-order chi connectivity index (χ0) is 21.9. The van der Waals surface area contributed by atoms with Gasteiger partial charge in [-0.3, -0.25) is 4.79 Å². The molecule has 0 radical (unpaired) electrons. The van der Waals surface area contributed by atoms with Gasteiger partial charge in [-0.05, 0) is 54.2 Å². The number of sulfonamides is 1. The molecule has 1 aliphatic rings. The molecule has 30 heavy (non-hydrogen) atoms. The van der Waals surface area contributed by atoms with E-state index in [0.29, 0.717) is 5.75 Å². The molecule has 0 amide bonds. The maximum absolute atomic E-state index is 12.7. The van der Waals surface area contributed by atoms with Gasteiger partial charge in [0.1, 0.15) is 21.6 Å². The first kappa shape index (κ1) is 22.3. The SMILES string of the molecule is COc1ccc(-c2ccc(S(=O)(=O)NC(C(=O)O)C3CCS(=O)(=O)CC3)cc2)cc1. The highest BCUT2D eigenvalue weighted by Gasteiger charge is 2.36. The van der Waals surface area contributed by atoms with Crippen molar-refractivity contribution in [1.82, 2.24) is 4.72 Å².